The highest BCUT2D eigenvalue weighted by atomic mass is 16.5. The van der Waals surface area contributed by atoms with Crippen molar-refractivity contribution in [3.05, 3.63) is 102 Å². The number of rotatable bonds is 5. The molecular weight excluding hydrogens is 464 g/mol. The summed E-state index contributed by atoms with van der Waals surface area (Å²) < 4.78 is 10.9. The first-order chi connectivity index (χ1) is 18.1. The second-order valence-electron chi connectivity index (χ2n) is 9.00. The van der Waals surface area contributed by atoms with Gasteiger partial charge in [-0.15, -0.1) is 0 Å². The third-order valence-electron chi connectivity index (χ3n) is 6.79. The number of benzene rings is 4. The predicted octanol–water partition coefficient (Wildman–Crippen LogP) is 5.81. The quantitative estimate of drug-likeness (QED) is 0.292. The van der Waals surface area contributed by atoms with Crippen LogP contribution in [0.2, 0.25) is 0 Å². The van der Waals surface area contributed by atoms with E-state index >= 15 is 0 Å². The van der Waals surface area contributed by atoms with E-state index in [1.807, 2.05) is 84.9 Å². The Balaban J connectivity index is 1.29. The fraction of sp³-hybridized carbons (Fsp3) is 0.129. The van der Waals surface area contributed by atoms with Crippen LogP contribution in [0.15, 0.2) is 91.0 Å². The van der Waals surface area contributed by atoms with E-state index in [2.05, 4.69) is 0 Å². The van der Waals surface area contributed by atoms with Crippen LogP contribution in [-0.4, -0.2) is 37.1 Å². The van der Waals surface area contributed by atoms with Gasteiger partial charge in [0.15, 0.2) is 6.61 Å². The summed E-state index contributed by atoms with van der Waals surface area (Å²) in [6.07, 6.45) is 0.798. The van der Waals surface area contributed by atoms with Crippen molar-refractivity contribution >= 4 is 39.2 Å². The van der Waals surface area contributed by atoms with Gasteiger partial charge in [-0.3, -0.25) is 4.79 Å². The summed E-state index contributed by atoms with van der Waals surface area (Å²) in [6.45, 7) is 0.267. The molecule has 182 valence electrons. The molecule has 0 unspecified atom stereocenters. The molecule has 6 rings (SSSR count). The molecule has 0 atom stereocenters. The number of hydrogen-bond acceptors (Lipinski definition) is 5. The molecule has 37 heavy (non-hydrogen) atoms. The number of aromatic nitrogens is 1. The Bertz CT molecular complexity index is 1680. The van der Waals surface area contributed by atoms with Gasteiger partial charge in [0.2, 0.25) is 0 Å². The van der Waals surface area contributed by atoms with Crippen molar-refractivity contribution in [2.45, 2.75) is 6.42 Å². The lowest BCUT2D eigenvalue weighted by molar-refractivity contribution is -0.121. The van der Waals surface area contributed by atoms with E-state index in [4.69, 9.17) is 14.5 Å². The molecule has 1 aromatic heterocycles. The van der Waals surface area contributed by atoms with Gasteiger partial charge in [0.1, 0.15) is 5.75 Å². The summed E-state index contributed by atoms with van der Waals surface area (Å²) in [7, 11) is 1.65. The standard InChI is InChI=1S/C31H24N2O4/c1-36-24-13-12-21-16-23(11-10-22(21)17-24)28-18-26(25-7-3-4-8-27(25)32-28)31(35)37-19-30(34)33-15-14-20-6-2-5-9-29(20)33/h2-13,16-18H,14-15,19H2,1H3. The number of methoxy groups -OCH3 is 1. The Morgan fingerprint density at radius 3 is 2.57 bits per heavy atom. The number of hydrogen-bond donors (Lipinski definition) is 0. The molecule has 0 saturated carbocycles. The maximum Gasteiger partial charge on any atom is 0.339 e. The largest absolute Gasteiger partial charge is 0.497 e. The van der Waals surface area contributed by atoms with Gasteiger partial charge < -0.3 is 14.4 Å². The van der Waals surface area contributed by atoms with E-state index in [1.165, 1.54) is 0 Å². The van der Waals surface area contributed by atoms with Crippen LogP contribution < -0.4 is 9.64 Å². The molecule has 6 heteroatoms. The van der Waals surface area contributed by atoms with E-state index in [9.17, 15) is 9.59 Å². The zero-order chi connectivity index (χ0) is 25.4. The second kappa shape index (κ2) is 9.39. The number of carbonyl (C=O) groups excluding carboxylic acids is 2. The Labute approximate surface area is 214 Å². The Kier molecular flexibility index (Phi) is 5.77. The van der Waals surface area contributed by atoms with Crippen molar-refractivity contribution in [2.24, 2.45) is 0 Å². The average molecular weight is 489 g/mol. The van der Waals surface area contributed by atoms with Gasteiger partial charge in [0.25, 0.3) is 5.91 Å². The van der Waals surface area contributed by atoms with Crippen LogP contribution in [0.25, 0.3) is 32.9 Å². The molecule has 1 amide bonds. The highest BCUT2D eigenvalue weighted by Gasteiger charge is 2.25. The minimum atomic E-state index is -0.550. The lowest BCUT2D eigenvalue weighted by Crippen LogP contribution is -2.33. The summed E-state index contributed by atoms with van der Waals surface area (Å²) in [4.78, 5) is 32.6. The van der Waals surface area contributed by atoms with Crippen molar-refractivity contribution < 1.29 is 19.1 Å². The molecular formula is C31H24N2O4. The molecule has 1 aliphatic heterocycles. The maximum absolute atomic E-state index is 13.3. The topological polar surface area (TPSA) is 68.7 Å². The minimum Gasteiger partial charge on any atom is -0.497 e. The summed E-state index contributed by atoms with van der Waals surface area (Å²) >= 11 is 0. The van der Waals surface area contributed by atoms with Crippen molar-refractivity contribution in [3.63, 3.8) is 0 Å². The molecule has 0 fully saturated rings. The van der Waals surface area contributed by atoms with Crippen molar-refractivity contribution in [1.29, 1.82) is 0 Å². The predicted molar refractivity (Wildman–Crippen MR) is 144 cm³/mol. The molecule has 0 aliphatic carbocycles. The number of carbonyl (C=O) groups is 2. The Hall–Kier alpha value is -4.71. The number of nitrogens with zero attached hydrogens (tertiary/aromatic N) is 2. The molecule has 0 saturated heterocycles. The van der Waals surface area contributed by atoms with Crippen LogP contribution in [-0.2, 0) is 16.0 Å². The zero-order valence-corrected chi connectivity index (χ0v) is 20.3. The van der Waals surface area contributed by atoms with Gasteiger partial charge in [-0.1, -0.05) is 54.6 Å². The summed E-state index contributed by atoms with van der Waals surface area (Å²) in [5.41, 5.74) is 4.60. The zero-order valence-electron chi connectivity index (χ0n) is 20.3. The third kappa shape index (κ3) is 4.27. The maximum atomic E-state index is 13.3. The van der Waals surface area contributed by atoms with Crippen LogP contribution in [0.5, 0.6) is 5.75 Å². The van der Waals surface area contributed by atoms with Gasteiger partial charge in [0.05, 0.1) is 23.9 Å². The number of ether oxygens (including phenoxy) is 2. The van der Waals surface area contributed by atoms with Crippen LogP contribution in [0.4, 0.5) is 5.69 Å². The van der Waals surface area contributed by atoms with Gasteiger partial charge >= 0.3 is 5.97 Å². The van der Waals surface area contributed by atoms with E-state index in [-0.39, 0.29) is 12.5 Å². The molecule has 0 spiro atoms. The van der Waals surface area contributed by atoms with Gasteiger partial charge in [-0.25, -0.2) is 9.78 Å². The second-order valence-corrected chi connectivity index (χ2v) is 9.00. The first-order valence-corrected chi connectivity index (χ1v) is 12.1. The molecule has 1 aliphatic rings. The number of fused-ring (bicyclic) bond motifs is 3. The molecule has 2 heterocycles. The highest BCUT2D eigenvalue weighted by molar-refractivity contribution is 6.06. The highest BCUT2D eigenvalue weighted by Crippen LogP contribution is 2.30. The number of pyridine rings is 1. The van der Waals surface area contributed by atoms with Crippen LogP contribution in [0, 0.1) is 0 Å². The third-order valence-corrected chi connectivity index (χ3v) is 6.79. The molecule has 0 bridgehead atoms. The molecule has 5 aromatic rings. The first-order valence-electron chi connectivity index (χ1n) is 12.1. The van der Waals surface area contributed by atoms with Crippen molar-refractivity contribution in [3.8, 4) is 17.0 Å². The summed E-state index contributed by atoms with van der Waals surface area (Å²) in [6, 6.07) is 28.9. The van der Waals surface area contributed by atoms with Gasteiger partial charge in [0, 0.05) is 23.2 Å². The van der Waals surface area contributed by atoms with Gasteiger partial charge in [-0.05, 0) is 59.2 Å². The van der Waals surface area contributed by atoms with Crippen LogP contribution >= 0.6 is 0 Å². The smallest absolute Gasteiger partial charge is 0.339 e. The lowest BCUT2D eigenvalue weighted by atomic mass is 10.0. The number of para-hydroxylation sites is 2. The van der Waals surface area contributed by atoms with Crippen LogP contribution in [0.1, 0.15) is 15.9 Å². The van der Waals surface area contributed by atoms with E-state index in [1.54, 1.807) is 18.1 Å². The lowest BCUT2D eigenvalue weighted by Gasteiger charge is -2.17. The fourth-order valence-corrected chi connectivity index (χ4v) is 4.88. The van der Waals surface area contributed by atoms with E-state index in [0.29, 0.717) is 28.7 Å². The van der Waals surface area contributed by atoms with Crippen molar-refractivity contribution in [1.82, 2.24) is 4.98 Å². The monoisotopic (exact) mass is 488 g/mol. The fourth-order valence-electron chi connectivity index (χ4n) is 4.88. The number of anilines is 1. The Morgan fingerprint density at radius 2 is 1.68 bits per heavy atom. The van der Waals surface area contributed by atoms with E-state index < -0.39 is 5.97 Å². The summed E-state index contributed by atoms with van der Waals surface area (Å²) in [5, 5.41) is 2.76. The number of amides is 1. The number of esters is 1. The summed E-state index contributed by atoms with van der Waals surface area (Å²) in [5.74, 6) is 0.00845. The van der Waals surface area contributed by atoms with Crippen molar-refractivity contribution in [2.75, 3.05) is 25.2 Å². The van der Waals surface area contributed by atoms with Crippen LogP contribution in [0.3, 0.4) is 0 Å². The first kappa shape index (κ1) is 22.7. The Morgan fingerprint density at radius 1 is 0.892 bits per heavy atom. The normalized spacial score (nSPS) is 12.5. The molecule has 6 nitrogen and oxygen atoms in total. The molecule has 0 radical (unpaired) electrons. The minimum absolute atomic E-state index is 0.234. The molecule has 0 N–H and O–H groups in total. The average Bonchev–Trinajstić information content (AvgIpc) is 3.39. The van der Waals surface area contributed by atoms with Gasteiger partial charge in [-0.2, -0.15) is 0 Å². The molecule has 4 aromatic carbocycles. The SMILES string of the molecule is COc1ccc2cc(-c3cc(C(=O)OCC(=O)N4CCc5ccccc54)c4ccccc4n3)ccc2c1. The van der Waals surface area contributed by atoms with E-state index in [0.717, 1.165) is 39.8 Å².